The highest BCUT2D eigenvalue weighted by molar-refractivity contribution is 5.22. The summed E-state index contributed by atoms with van der Waals surface area (Å²) in [4.78, 5) is 4.32. The number of nitrogens with zero attached hydrogens (tertiary/aromatic N) is 1. The van der Waals surface area contributed by atoms with Gasteiger partial charge >= 0.3 is 0 Å². The van der Waals surface area contributed by atoms with Crippen LogP contribution in [0.25, 0.3) is 0 Å². The Kier molecular flexibility index (Phi) is 5.07. The molecule has 0 saturated heterocycles. The van der Waals surface area contributed by atoms with Gasteiger partial charge in [0.05, 0.1) is 0 Å². The van der Waals surface area contributed by atoms with E-state index in [9.17, 15) is 0 Å². The smallest absolute Gasteiger partial charge is 0.0478 e. The van der Waals surface area contributed by atoms with E-state index in [-0.39, 0.29) is 6.04 Å². The highest BCUT2D eigenvalue weighted by atomic mass is 15.2. The van der Waals surface area contributed by atoms with Crippen molar-refractivity contribution in [3.8, 4) is 0 Å². The Morgan fingerprint density at radius 1 is 1.16 bits per heavy atom. The molecule has 100 valence electrons. The van der Waals surface area contributed by atoms with Crippen LogP contribution < -0.4 is 11.3 Å². The third kappa shape index (κ3) is 3.88. The summed E-state index contributed by atoms with van der Waals surface area (Å²) in [5.74, 6) is 5.68. The third-order valence-corrected chi connectivity index (χ3v) is 3.43. The van der Waals surface area contributed by atoms with Crippen molar-refractivity contribution < 1.29 is 0 Å². The number of hydrazine groups is 1. The number of benzene rings is 1. The second-order valence-electron chi connectivity index (χ2n) is 4.78. The Balaban J connectivity index is 1.92. The van der Waals surface area contributed by atoms with Gasteiger partial charge in [-0.3, -0.25) is 16.3 Å². The first-order valence-corrected chi connectivity index (χ1v) is 6.73. The minimum absolute atomic E-state index is 0.178. The Labute approximate surface area is 114 Å². The number of nitrogens with two attached hydrogens (primary N) is 1. The first kappa shape index (κ1) is 13.7. The molecular formula is C16H21N3. The Hall–Kier alpha value is -1.71. The number of rotatable bonds is 6. The summed E-state index contributed by atoms with van der Waals surface area (Å²) in [6, 6.07) is 14.8. The molecular weight excluding hydrogens is 234 g/mol. The molecule has 3 nitrogen and oxygen atoms in total. The number of hydrogen-bond acceptors (Lipinski definition) is 3. The standard InChI is InChI=1S/C16H21N3/c1-13-15(10-6-12-18-13)16(19-17)11-5-9-14-7-3-2-4-8-14/h2-4,6-8,10,12,16,19H,5,9,11,17H2,1H3. The summed E-state index contributed by atoms with van der Waals surface area (Å²) in [5, 5.41) is 0. The van der Waals surface area contributed by atoms with E-state index in [0.29, 0.717) is 0 Å². The van der Waals surface area contributed by atoms with Crippen LogP contribution in [0.5, 0.6) is 0 Å². The maximum atomic E-state index is 5.68. The molecule has 1 atom stereocenters. The van der Waals surface area contributed by atoms with E-state index in [0.717, 1.165) is 25.0 Å². The van der Waals surface area contributed by atoms with Crippen LogP contribution in [0.3, 0.4) is 0 Å². The topological polar surface area (TPSA) is 50.9 Å². The minimum atomic E-state index is 0.178. The van der Waals surface area contributed by atoms with Crippen molar-refractivity contribution in [2.45, 2.75) is 32.2 Å². The Bertz CT molecular complexity index is 496. The van der Waals surface area contributed by atoms with Gasteiger partial charge in [-0.05, 0) is 43.4 Å². The van der Waals surface area contributed by atoms with E-state index in [1.807, 2.05) is 25.3 Å². The van der Waals surface area contributed by atoms with E-state index in [2.05, 4.69) is 40.7 Å². The molecule has 0 aliphatic carbocycles. The summed E-state index contributed by atoms with van der Waals surface area (Å²) >= 11 is 0. The van der Waals surface area contributed by atoms with E-state index < -0.39 is 0 Å². The molecule has 1 heterocycles. The predicted molar refractivity (Wildman–Crippen MR) is 78.4 cm³/mol. The van der Waals surface area contributed by atoms with E-state index >= 15 is 0 Å². The highest BCUT2D eigenvalue weighted by Crippen LogP contribution is 2.20. The Morgan fingerprint density at radius 3 is 2.63 bits per heavy atom. The van der Waals surface area contributed by atoms with Crippen molar-refractivity contribution in [2.75, 3.05) is 0 Å². The van der Waals surface area contributed by atoms with Gasteiger partial charge in [-0.15, -0.1) is 0 Å². The predicted octanol–water partition coefficient (Wildman–Crippen LogP) is 2.92. The molecule has 3 heteroatoms. The van der Waals surface area contributed by atoms with E-state index in [4.69, 9.17) is 5.84 Å². The second kappa shape index (κ2) is 7.02. The highest BCUT2D eigenvalue weighted by Gasteiger charge is 2.12. The van der Waals surface area contributed by atoms with Crippen molar-refractivity contribution in [2.24, 2.45) is 5.84 Å². The number of pyridine rings is 1. The fourth-order valence-electron chi connectivity index (χ4n) is 2.35. The van der Waals surface area contributed by atoms with Gasteiger partial charge in [0.1, 0.15) is 0 Å². The van der Waals surface area contributed by atoms with E-state index in [1.54, 1.807) is 0 Å². The van der Waals surface area contributed by atoms with Gasteiger partial charge in [-0.2, -0.15) is 0 Å². The van der Waals surface area contributed by atoms with Crippen LogP contribution in [0.1, 0.15) is 35.7 Å². The molecule has 0 bridgehead atoms. The van der Waals surface area contributed by atoms with Crippen LogP contribution >= 0.6 is 0 Å². The number of nitrogens with one attached hydrogen (secondary N) is 1. The van der Waals surface area contributed by atoms with Gasteiger partial charge in [0.25, 0.3) is 0 Å². The monoisotopic (exact) mass is 255 g/mol. The van der Waals surface area contributed by atoms with Gasteiger partial charge < -0.3 is 0 Å². The van der Waals surface area contributed by atoms with Crippen molar-refractivity contribution >= 4 is 0 Å². The van der Waals surface area contributed by atoms with Gasteiger partial charge in [-0.1, -0.05) is 36.4 Å². The molecule has 0 aliphatic heterocycles. The quantitative estimate of drug-likeness (QED) is 0.616. The fourth-order valence-corrected chi connectivity index (χ4v) is 2.35. The summed E-state index contributed by atoms with van der Waals surface area (Å²) in [6.45, 7) is 2.02. The lowest BCUT2D eigenvalue weighted by molar-refractivity contribution is 0.495. The summed E-state index contributed by atoms with van der Waals surface area (Å²) < 4.78 is 0. The van der Waals surface area contributed by atoms with Crippen LogP contribution in [-0.4, -0.2) is 4.98 Å². The first-order chi connectivity index (χ1) is 9.31. The zero-order valence-corrected chi connectivity index (χ0v) is 11.3. The average molecular weight is 255 g/mol. The largest absolute Gasteiger partial charge is 0.271 e. The molecule has 2 rings (SSSR count). The van der Waals surface area contributed by atoms with E-state index in [1.165, 1.54) is 11.1 Å². The van der Waals surface area contributed by atoms with Crippen molar-refractivity contribution in [1.82, 2.24) is 10.4 Å². The van der Waals surface area contributed by atoms with Crippen LogP contribution in [0.2, 0.25) is 0 Å². The van der Waals surface area contributed by atoms with Crippen LogP contribution in [0, 0.1) is 6.92 Å². The average Bonchev–Trinajstić information content (AvgIpc) is 2.46. The SMILES string of the molecule is Cc1ncccc1C(CCCc1ccccc1)NN. The molecule has 1 aromatic heterocycles. The molecule has 1 unspecified atom stereocenters. The van der Waals surface area contributed by atoms with Crippen molar-refractivity contribution in [1.29, 1.82) is 0 Å². The van der Waals surface area contributed by atoms with Crippen LogP contribution in [0.4, 0.5) is 0 Å². The van der Waals surface area contributed by atoms with Gasteiger partial charge in [0.2, 0.25) is 0 Å². The zero-order chi connectivity index (χ0) is 13.5. The molecule has 0 spiro atoms. The van der Waals surface area contributed by atoms with Crippen LogP contribution in [0.15, 0.2) is 48.7 Å². The molecule has 2 aromatic rings. The lowest BCUT2D eigenvalue weighted by Gasteiger charge is -2.17. The van der Waals surface area contributed by atoms with Crippen LogP contribution in [-0.2, 0) is 6.42 Å². The molecule has 0 fully saturated rings. The maximum Gasteiger partial charge on any atom is 0.0478 e. The summed E-state index contributed by atoms with van der Waals surface area (Å²) in [5.41, 5.74) is 6.52. The minimum Gasteiger partial charge on any atom is -0.271 e. The first-order valence-electron chi connectivity index (χ1n) is 6.73. The summed E-state index contributed by atoms with van der Waals surface area (Å²) in [6.07, 6.45) is 5.01. The molecule has 19 heavy (non-hydrogen) atoms. The molecule has 0 aliphatic rings. The maximum absolute atomic E-state index is 5.68. The fraction of sp³-hybridized carbons (Fsp3) is 0.312. The normalized spacial score (nSPS) is 12.3. The zero-order valence-electron chi connectivity index (χ0n) is 11.3. The van der Waals surface area contributed by atoms with Crippen molar-refractivity contribution in [3.05, 3.63) is 65.5 Å². The van der Waals surface area contributed by atoms with Gasteiger partial charge in [-0.25, -0.2) is 0 Å². The van der Waals surface area contributed by atoms with Gasteiger partial charge in [0.15, 0.2) is 0 Å². The lowest BCUT2D eigenvalue weighted by Crippen LogP contribution is -2.28. The van der Waals surface area contributed by atoms with Crippen molar-refractivity contribution in [3.63, 3.8) is 0 Å². The third-order valence-electron chi connectivity index (χ3n) is 3.43. The molecule has 0 saturated carbocycles. The molecule has 1 aromatic carbocycles. The second-order valence-corrected chi connectivity index (χ2v) is 4.78. The number of aromatic nitrogens is 1. The molecule has 3 N–H and O–H groups in total. The number of hydrogen-bond donors (Lipinski definition) is 2. The lowest BCUT2D eigenvalue weighted by atomic mass is 9.99. The number of aryl methyl sites for hydroxylation is 2. The molecule has 0 amide bonds. The Morgan fingerprint density at radius 2 is 1.95 bits per heavy atom. The molecule has 0 radical (unpaired) electrons. The van der Waals surface area contributed by atoms with Gasteiger partial charge in [0, 0.05) is 17.9 Å². The summed E-state index contributed by atoms with van der Waals surface area (Å²) in [7, 11) is 0.